The summed E-state index contributed by atoms with van der Waals surface area (Å²) in [6.45, 7) is 1.52. The van der Waals surface area contributed by atoms with Crippen molar-refractivity contribution in [2.45, 2.75) is 6.92 Å². The minimum Gasteiger partial charge on any atom is -0.310 e. The molecule has 0 amide bonds. The maximum absolute atomic E-state index is 11.8. The highest BCUT2D eigenvalue weighted by molar-refractivity contribution is 5.96. The molecule has 0 spiro atoms. The zero-order valence-corrected chi connectivity index (χ0v) is 14.3. The molecule has 3 rings (SSSR count). The van der Waals surface area contributed by atoms with Crippen LogP contribution in [0.1, 0.15) is 38.0 Å². The largest absolute Gasteiger partial charge is 0.310 e. The average Bonchev–Trinajstić information content (AvgIpc) is 2.69. The minimum absolute atomic E-state index is 0.0323. The van der Waals surface area contributed by atoms with Gasteiger partial charge in [0.2, 0.25) is 0 Å². The predicted octanol–water partition coefficient (Wildman–Crippen LogP) is 4.98. The molecule has 0 aromatic heterocycles. The zero-order chi connectivity index (χ0) is 18.5. The van der Waals surface area contributed by atoms with Crippen LogP contribution in [0.3, 0.4) is 0 Å². The quantitative estimate of drug-likeness (QED) is 0.468. The van der Waals surface area contributed by atoms with Crippen LogP contribution in [-0.2, 0) is 0 Å². The number of ketones is 1. The van der Waals surface area contributed by atoms with Gasteiger partial charge in [0.15, 0.2) is 5.78 Å². The van der Waals surface area contributed by atoms with E-state index in [1.54, 1.807) is 48.5 Å². The van der Waals surface area contributed by atoms with Gasteiger partial charge in [0.25, 0.3) is 0 Å². The summed E-state index contributed by atoms with van der Waals surface area (Å²) in [5.41, 5.74) is 3.97. The number of Topliss-reactive ketones (excluding diaryl/α,β-unsaturated/α-hetero) is 1. The van der Waals surface area contributed by atoms with Gasteiger partial charge >= 0.3 is 0 Å². The van der Waals surface area contributed by atoms with E-state index < -0.39 is 0 Å². The third-order valence-electron chi connectivity index (χ3n) is 4.04. The first-order chi connectivity index (χ1) is 12.6. The van der Waals surface area contributed by atoms with Gasteiger partial charge in [0, 0.05) is 33.8 Å². The molecule has 0 aliphatic carbocycles. The van der Waals surface area contributed by atoms with Crippen molar-refractivity contribution in [2.75, 3.05) is 4.90 Å². The Labute approximate surface area is 151 Å². The van der Waals surface area contributed by atoms with Gasteiger partial charge in [0.05, 0.1) is 0 Å². The molecule has 0 fully saturated rings. The number of aldehydes is 2. The van der Waals surface area contributed by atoms with Gasteiger partial charge in [-0.05, 0) is 43.3 Å². The van der Waals surface area contributed by atoms with Gasteiger partial charge in [-0.3, -0.25) is 14.4 Å². The van der Waals surface area contributed by atoms with E-state index in [4.69, 9.17) is 0 Å². The highest BCUT2D eigenvalue weighted by Crippen LogP contribution is 2.35. The fourth-order valence-corrected chi connectivity index (χ4v) is 2.79. The summed E-state index contributed by atoms with van der Waals surface area (Å²) in [7, 11) is 0. The van der Waals surface area contributed by atoms with E-state index in [-0.39, 0.29) is 5.78 Å². The standard InChI is InChI=1S/C22H17NO3/c1-16(26)19-7-4-10-22(13-19)23(20-8-2-5-17(11-20)14-24)21-9-3-6-18(12-21)15-25/h2-15H,1H3. The second kappa shape index (κ2) is 7.57. The van der Waals surface area contributed by atoms with Crippen LogP contribution in [0.15, 0.2) is 72.8 Å². The Morgan fingerprint density at radius 2 is 1.19 bits per heavy atom. The minimum atomic E-state index is -0.0323. The van der Waals surface area contributed by atoms with Crippen LogP contribution in [0.2, 0.25) is 0 Å². The predicted molar refractivity (Wildman–Crippen MR) is 102 cm³/mol. The number of nitrogens with zero attached hydrogens (tertiary/aromatic N) is 1. The molecule has 0 aliphatic heterocycles. The van der Waals surface area contributed by atoms with E-state index in [0.717, 1.165) is 29.6 Å². The van der Waals surface area contributed by atoms with Gasteiger partial charge in [-0.2, -0.15) is 0 Å². The zero-order valence-electron chi connectivity index (χ0n) is 14.3. The van der Waals surface area contributed by atoms with Crippen LogP contribution >= 0.6 is 0 Å². The maximum atomic E-state index is 11.8. The molecule has 0 heterocycles. The van der Waals surface area contributed by atoms with Gasteiger partial charge < -0.3 is 4.90 Å². The highest BCUT2D eigenvalue weighted by atomic mass is 16.1. The van der Waals surface area contributed by atoms with Crippen molar-refractivity contribution in [3.05, 3.63) is 89.5 Å². The highest BCUT2D eigenvalue weighted by Gasteiger charge is 2.14. The molecule has 3 aromatic rings. The van der Waals surface area contributed by atoms with E-state index in [1.807, 2.05) is 29.2 Å². The molecular formula is C22H17NO3. The number of carbonyl (C=O) groups is 3. The molecule has 128 valence electrons. The molecule has 0 bridgehead atoms. The van der Waals surface area contributed by atoms with E-state index >= 15 is 0 Å². The van der Waals surface area contributed by atoms with Crippen LogP contribution in [0.25, 0.3) is 0 Å². The average molecular weight is 343 g/mol. The summed E-state index contributed by atoms with van der Waals surface area (Å²) < 4.78 is 0. The van der Waals surface area contributed by atoms with E-state index in [2.05, 4.69) is 0 Å². The second-order valence-corrected chi connectivity index (χ2v) is 5.87. The van der Waals surface area contributed by atoms with Gasteiger partial charge in [-0.25, -0.2) is 0 Å². The Balaban J connectivity index is 2.21. The van der Waals surface area contributed by atoms with E-state index in [1.165, 1.54) is 6.92 Å². The summed E-state index contributed by atoms with van der Waals surface area (Å²) in [5, 5.41) is 0. The smallest absolute Gasteiger partial charge is 0.159 e. The van der Waals surface area contributed by atoms with Crippen molar-refractivity contribution < 1.29 is 14.4 Å². The molecular weight excluding hydrogens is 326 g/mol. The van der Waals surface area contributed by atoms with Crippen molar-refractivity contribution in [1.29, 1.82) is 0 Å². The first-order valence-corrected chi connectivity index (χ1v) is 8.14. The van der Waals surface area contributed by atoms with Gasteiger partial charge in [0.1, 0.15) is 12.6 Å². The first kappa shape index (κ1) is 17.3. The Morgan fingerprint density at radius 3 is 1.65 bits per heavy atom. The lowest BCUT2D eigenvalue weighted by molar-refractivity contribution is 0.101. The topological polar surface area (TPSA) is 54.5 Å². The summed E-state index contributed by atoms with van der Waals surface area (Å²) >= 11 is 0. The maximum Gasteiger partial charge on any atom is 0.159 e. The molecule has 4 nitrogen and oxygen atoms in total. The van der Waals surface area contributed by atoms with Crippen molar-refractivity contribution >= 4 is 35.4 Å². The number of carbonyl (C=O) groups excluding carboxylic acids is 3. The molecule has 0 saturated carbocycles. The molecule has 0 atom stereocenters. The number of benzene rings is 3. The van der Waals surface area contributed by atoms with Crippen molar-refractivity contribution in [1.82, 2.24) is 0 Å². The Bertz CT molecular complexity index is 927. The third kappa shape index (κ3) is 3.59. The fourth-order valence-electron chi connectivity index (χ4n) is 2.79. The lowest BCUT2D eigenvalue weighted by atomic mass is 10.1. The Kier molecular flexibility index (Phi) is 5.04. The first-order valence-electron chi connectivity index (χ1n) is 8.14. The molecule has 0 N–H and O–H groups in total. The Hall–Kier alpha value is -3.53. The Morgan fingerprint density at radius 1 is 0.731 bits per heavy atom. The molecule has 0 aliphatic rings. The summed E-state index contributed by atoms with van der Waals surface area (Å²) in [6, 6.07) is 21.6. The summed E-state index contributed by atoms with van der Waals surface area (Å²) in [4.78, 5) is 36.1. The number of anilines is 3. The van der Waals surface area contributed by atoms with Crippen molar-refractivity contribution in [3.8, 4) is 0 Å². The van der Waals surface area contributed by atoms with Crippen LogP contribution in [0.4, 0.5) is 17.1 Å². The number of rotatable bonds is 6. The molecule has 3 aromatic carbocycles. The lowest BCUT2D eigenvalue weighted by Crippen LogP contribution is -2.11. The normalized spacial score (nSPS) is 10.2. The van der Waals surface area contributed by atoms with E-state index in [0.29, 0.717) is 16.7 Å². The monoisotopic (exact) mass is 343 g/mol. The lowest BCUT2D eigenvalue weighted by Gasteiger charge is -2.26. The van der Waals surface area contributed by atoms with E-state index in [9.17, 15) is 14.4 Å². The van der Waals surface area contributed by atoms with Crippen LogP contribution in [0, 0.1) is 0 Å². The molecule has 4 heteroatoms. The van der Waals surface area contributed by atoms with Gasteiger partial charge in [-0.1, -0.05) is 36.4 Å². The number of hydrogen-bond acceptors (Lipinski definition) is 4. The van der Waals surface area contributed by atoms with Crippen LogP contribution < -0.4 is 4.90 Å². The number of hydrogen-bond donors (Lipinski definition) is 0. The van der Waals surface area contributed by atoms with Crippen molar-refractivity contribution in [3.63, 3.8) is 0 Å². The summed E-state index contributed by atoms with van der Waals surface area (Å²) in [5.74, 6) is -0.0323. The molecule has 0 radical (unpaired) electrons. The van der Waals surface area contributed by atoms with Gasteiger partial charge in [-0.15, -0.1) is 0 Å². The third-order valence-corrected chi connectivity index (χ3v) is 4.04. The molecule has 26 heavy (non-hydrogen) atoms. The van der Waals surface area contributed by atoms with Crippen LogP contribution in [-0.4, -0.2) is 18.4 Å². The molecule has 0 unspecified atom stereocenters. The van der Waals surface area contributed by atoms with Crippen LogP contribution in [0.5, 0.6) is 0 Å². The molecule has 0 saturated heterocycles. The summed E-state index contributed by atoms with van der Waals surface area (Å²) in [6.07, 6.45) is 1.57. The SMILES string of the molecule is CC(=O)c1cccc(N(c2cccc(C=O)c2)c2cccc(C=O)c2)c1. The van der Waals surface area contributed by atoms with Crippen molar-refractivity contribution in [2.24, 2.45) is 0 Å². The fraction of sp³-hybridized carbons (Fsp3) is 0.0455. The second-order valence-electron chi connectivity index (χ2n) is 5.87.